The van der Waals surface area contributed by atoms with Crippen molar-refractivity contribution in [1.82, 2.24) is 19.5 Å². The highest BCUT2D eigenvalue weighted by Crippen LogP contribution is 2.38. The van der Waals surface area contributed by atoms with Crippen molar-refractivity contribution in [2.45, 2.75) is 26.2 Å². The Labute approximate surface area is 348 Å². The number of hydrogen-bond donors (Lipinski definition) is 0. The van der Waals surface area contributed by atoms with Crippen LogP contribution in [0.4, 0.5) is 0 Å². The Balaban J connectivity index is 1.04. The number of unbranched alkanes of at least 4 members (excludes halogenated alkanes) is 1. The minimum Gasteiger partial charge on any atom is -0.456 e. The Morgan fingerprint density at radius 2 is 0.883 bits per heavy atom. The van der Waals surface area contributed by atoms with Crippen LogP contribution in [-0.4, -0.2) is 19.5 Å². The Morgan fingerprint density at radius 3 is 1.55 bits per heavy atom. The predicted octanol–water partition coefficient (Wildman–Crippen LogP) is 14.5. The van der Waals surface area contributed by atoms with Crippen molar-refractivity contribution in [2.75, 3.05) is 0 Å². The molecule has 0 saturated heterocycles. The van der Waals surface area contributed by atoms with E-state index in [2.05, 4.69) is 175 Å². The van der Waals surface area contributed by atoms with Gasteiger partial charge in [0, 0.05) is 32.7 Å². The average Bonchev–Trinajstić information content (AvgIpc) is 3.86. The maximum absolute atomic E-state index is 6.33. The van der Waals surface area contributed by atoms with Gasteiger partial charge in [0.1, 0.15) is 11.2 Å². The van der Waals surface area contributed by atoms with Crippen LogP contribution in [-0.2, 0) is 6.42 Å². The quantitative estimate of drug-likeness (QED) is 0.147. The van der Waals surface area contributed by atoms with Crippen molar-refractivity contribution in [1.29, 1.82) is 0 Å². The molecule has 0 aliphatic rings. The Bertz CT molecular complexity index is 3330. The Kier molecular flexibility index (Phi) is 8.85. The first kappa shape index (κ1) is 35.5. The molecule has 0 atom stereocenters. The molecule has 0 N–H and O–H groups in total. The van der Waals surface area contributed by atoms with E-state index in [0.29, 0.717) is 17.6 Å². The molecule has 0 spiro atoms. The normalized spacial score (nSPS) is 11.6. The van der Waals surface area contributed by atoms with Crippen LogP contribution in [0.1, 0.15) is 25.3 Å². The number of aromatic nitrogens is 4. The van der Waals surface area contributed by atoms with Crippen LogP contribution in [0.15, 0.2) is 192 Å². The highest BCUT2D eigenvalue weighted by molar-refractivity contribution is 6.11. The maximum Gasteiger partial charge on any atom is 0.238 e. The predicted molar refractivity (Wildman–Crippen MR) is 247 cm³/mol. The molecule has 5 nitrogen and oxygen atoms in total. The van der Waals surface area contributed by atoms with Gasteiger partial charge in [0.25, 0.3) is 0 Å². The molecule has 0 aliphatic heterocycles. The van der Waals surface area contributed by atoms with Gasteiger partial charge in [0.05, 0.1) is 11.0 Å². The fraction of sp³-hybridized carbons (Fsp3) is 0.0727. The Morgan fingerprint density at radius 1 is 0.400 bits per heavy atom. The van der Waals surface area contributed by atoms with Crippen LogP contribution in [0, 0.1) is 0 Å². The molecule has 5 heteroatoms. The molecule has 11 rings (SSSR count). The summed E-state index contributed by atoms with van der Waals surface area (Å²) < 4.78 is 8.53. The largest absolute Gasteiger partial charge is 0.456 e. The summed E-state index contributed by atoms with van der Waals surface area (Å²) >= 11 is 0. The highest BCUT2D eigenvalue weighted by Gasteiger charge is 2.19. The van der Waals surface area contributed by atoms with Gasteiger partial charge in [-0.1, -0.05) is 165 Å². The fourth-order valence-corrected chi connectivity index (χ4v) is 8.50. The van der Waals surface area contributed by atoms with E-state index < -0.39 is 0 Å². The second-order valence-corrected chi connectivity index (χ2v) is 15.5. The summed E-state index contributed by atoms with van der Waals surface area (Å²) in [6.07, 6.45) is 3.52. The van der Waals surface area contributed by atoms with Gasteiger partial charge < -0.3 is 4.42 Å². The summed E-state index contributed by atoms with van der Waals surface area (Å²) in [7, 11) is 0. The number of para-hydroxylation sites is 1. The number of benzene rings is 8. The number of hydrogen-bond acceptors (Lipinski definition) is 4. The third-order valence-corrected chi connectivity index (χ3v) is 11.7. The molecule has 3 aromatic heterocycles. The number of fused-ring (bicyclic) bond motifs is 6. The van der Waals surface area contributed by atoms with Crippen molar-refractivity contribution in [3.63, 3.8) is 0 Å². The van der Waals surface area contributed by atoms with E-state index in [1.165, 1.54) is 29.5 Å². The lowest BCUT2D eigenvalue weighted by atomic mass is 9.99. The first-order valence-corrected chi connectivity index (χ1v) is 20.7. The van der Waals surface area contributed by atoms with Gasteiger partial charge in [-0.2, -0.15) is 9.97 Å². The standard InChI is InChI=1S/C55H40N4O/c1-2-3-12-36-19-21-38(22-20-36)39-23-25-41(26-24-39)54-56-53(40-15-8-5-9-16-40)57-55(58-54)59-49-18-11-10-17-45(49)46-30-27-44(35-50(46)59)43-29-32-52-48(34-43)47-33-42(28-31-51(47)60-52)37-13-6-4-7-14-37/h4-11,13-35H,2-3,12H2,1H3. The molecular formula is C55H40N4O. The van der Waals surface area contributed by atoms with Crippen molar-refractivity contribution in [3.05, 3.63) is 194 Å². The zero-order valence-corrected chi connectivity index (χ0v) is 33.2. The number of aryl methyl sites for hydroxylation is 1. The van der Waals surface area contributed by atoms with Gasteiger partial charge in [-0.25, -0.2) is 4.98 Å². The molecule has 0 fully saturated rings. The number of furan rings is 1. The number of nitrogens with zero attached hydrogens (tertiary/aromatic N) is 4. The molecule has 3 heterocycles. The summed E-state index contributed by atoms with van der Waals surface area (Å²) in [6, 6.07) is 66.3. The van der Waals surface area contributed by atoms with E-state index in [1.807, 2.05) is 24.3 Å². The minimum absolute atomic E-state index is 0.568. The van der Waals surface area contributed by atoms with E-state index >= 15 is 0 Å². The molecular weight excluding hydrogens is 733 g/mol. The smallest absolute Gasteiger partial charge is 0.238 e. The highest BCUT2D eigenvalue weighted by atomic mass is 16.3. The minimum atomic E-state index is 0.568. The first-order valence-electron chi connectivity index (χ1n) is 20.7. The second-order valence-electron chi connectivity index (χ2n) is 15.5. The summed E-state index contributed by atoms with van der Waals surface area (Å²) in [5, 5.41) is 4.45. The summed E-state index contributed by atoms with van der Waals surface area (Å²) in [6.45, 7) is 2.24. The topological polar surface area (TPSA) is 56.7 Å². The van der Waals surface area contributed by atoms with E-state index in [1.54, 1.807) is 0 Å². The molecule has 0 saturated carbocycles. The third kappa shape index (κ3) is 6.41. The Hall–Kier alpha value is -7.63. The second kappa shape index (κ2) is 14.9. The zero-order chi connectivity index (χ0) is 40.0. The monoisotopic (exact) mass is 772 g/mol. The molecule has 11 aromatic rings. The van der Waals surface area contributed by atoms with Crippen molar-refractivity contribution in [2.24, 2.45) is 0 Å². The van der Waals surface area contributed by atoms with Crippen LogP contribution < -0.4 is 0 Å². The summed E-state index contributed by atoms with van der Waals surface area (Å²) in [5.74, 6) is 1.81. The maximum atomic E-state index is 6.33. The van der Waals surface area contributed by atoms with Crippen molar-refractivity contribution >= 4 is 43.7 Å². The fourth-order valence-electron chi connectivity index (χ4n) is 8.50. The van der Waals surface area contributed by atoms with Gasteiger partial charge in [0.2, 0.25) is 5.95 Å². The lowest BCUT2D eigenvalue weighted by Gasteiger charge is -2.12. The van der Waals surface area contributed by atoms with Gasteiger partial charge in [-0.3, -0.25) is 4.57 Å². The third-order valence-electron chi connectivity index (χ3n) is 11.7. The molecule has 60 heavy (non-hydrogen) atoms. The van der Waals surface area contributed by atoms with Crippen molar-refractivity contribution < 1.29 is 4.42 Å². The van der Waals surface area contributed by atoms with E-state index in [0.717, 1.165) is 83.5 Å². The zero-order valence-electron chi connectivity index (χ0n) is 33.2. The molecule has 0 unspecified atom stereocenters. The molecule has 0 amide bonds. The average molecular weight is 773 g/mol. The van der Waals surface area contributed by atoms with Gasteiger partial charge >= 0.3 is 0 Å². The van der Waals surface area contributed by atoms with Crippen LogP contribution in [0.3, 0.4) is 0 Å². The first-order chi connectivity index (χ1) is 29.7. The molecule has 0 aliphatic carbocycles. The van der Waals surface area contributed by atoms with Gasteiger partial charge in [0.15, 0.2) is 11.6 Å². The van der Waals surface area contributed by atoms with Crippen LogP contribution >= 0.6 is 0 Å². The van der Waals surface area contributed by atoms with Crippen LogP contribution in [0.2, 0.25) is 0 Å². The lowest BCUT2D eigenvalue weighted by Crippen LogP contribution is -2.06. The molecule has 286 valence electrons. The van der Waals surface area contributed by atoms with Gasteiger partial charge in [-0.05, 0) is 88.2 Å². The van der Waals surface area contributed by atoms with Crippen LogP contribution in [0.25, 0.3) is 106 Å². The van der Waals surface area contributed by atoms with Crippen molar-refractivity contribution in [3.8, 4) is 62.1 Å². The van der Waals surface area contributed by atoms with Crippen LogP contribution in [0.5, 0.6) is 0 Å². The molecule has 8 aromatic carbocycles. The number of rotatable bonds is 9. The van der Waals surface area contributed by atoms with E-state index in [4.69, 9.17) is 19.4 Å². The van der Waals surface area contributed by atoms with E-state index in [9.17, 15) is 0 Å². The summed E-state index contributed by atoms with van der Waals surface area (Å²) in [4.78, 5) is 15.5. The SMILES string of the molecule is CCCCc1ccc(-c2ccc(-c3nc(-c4ccccc4)nc(-n4c5ccccc5c5ccc(-c6ccc7oc8ccc(-c9ccccc9)cc8c7c6)cc54)n3)cc2)cc1. The summed E-state index contributed by atoms with van der Waals surface area (Å²) in [5.41, 5.74) is 13.9. The van der Waals surface area contributed by atoms with Gasteiger partial charge in [-0.15, -0.1) is 0 Å². The molecule has 0 bridgehead atoms. The van der Waals surface area contributed by atoms with E-state index in [-0.39, 0.29) is 0 Å². The molecule has 0 radical (unpaired) electrons. The lowest BCUT2D eigenvalue weighted by molar-refractivity contribution is 0.669.